The highest BCUT2D eigenvalue weighted by Crippen LogP contribution is 2.16. The van der Waals surface area contributed by atoms with E-state index in [0.29, 0.717) is 11.6 Å². The fourth-order valence-corrected chi connectivity index (χ4v) is 2.00. The minimum Gasteiger partial charge on any atom is -0.480 e. The van der Waals surface area contributed by atoms with Crippen LogP contribution < -0.4 is 10.6 Å². The zero-order valence-electron chi connectivity index (χ0n) is 10.7. The lowest BCUT2D eigenvalue weighted by atomic mass is 9.88. The topological polar surface area (TPSA) is 107 Å². The number of carbonyl (C=O) groups excluding carboxylic acids is 1. The smallest absolute Gasteiger partial charge is 0.326 e. The molecule has 1 aromatic rings. The van der Waals surface area contributed by atoms with Gasteiger partial charge >= 0.3 is 5.97 Å². The molecule has 1 aliphatic heterocycles. The molecule has 4 N–H and O–H groups in total. The van der Waals surface area contributed by atoms with Gasteiger partial charge in [-0.2, -0.15) is 0 Å². The molecular formula is C12H18N4O3. The number of carbonyl (C=O) groups is 2. The Labute approximate surface area is 110 Å². The molecule has 1 amide bonds. The van der Waals surface area contributed by atoms with Gasteiger partial charge in [0.25, 0.3) is 0 Å². The summed E-state index contributed by atoms with van der Waals surface area (Å²) in [5.74, 6) is -1.13. The van der Waals surface area contributed by atoms with E-state index in [2.05, 4.69) is 20.6 Å². The molecule has 0 bridgehead atoms. The number of hydrogen-bond donors (Lipinski definition) is 4. The molecule has 7 nitrogen and oxygen atoms in total. The molecule has 1 saturated heterocycles. The average Bonchev–Trinajstić information content (AvgIpc) is 2.78. The Bertz CT molecular complexity index is 442. The Kier molecular flexibility index (Phi) is 4.16. The van der Waals surface area contributed by atoms with E-state index in [4.69, 9.17) is 5.11 Å². The maximum atomic E-state index is 12.0. The minimum atomic E-state index is -1.04. The Balaban J connectivity index is 1.92. The number of aliphatic carboxylic acids is 1. The fraction of sp³-hybridized carbons (Fsp3) is 0.583. The molecule has 2 heterocycles. The highest BCUT2D eigenvalue weighted by Gasteiger charge is 2.31. The van der Waals surface area contributed by atoms with Gasteiger partial charge in [0.15, 0.2) is 0 Å². The number of aromatic nitrogens is 2. The zero-order chi connectivity index (χ0) is 13.8. The lowest BCUT2D eigenvalue weighted by Crippen LogP contribution is -2.52. The van der Waals surface area contributed by atoms with Gasteiger partial charge < -0.3 is 20.7 Å². The van der Waals surface area contributed by atoms with Crippen LogP contribution in [0.5, 0.6) is 0 Å². The summed E-state index contributed by atoms with van der Waals surface area (Å²) in [5.41, 5.74) is 0.686. The van der Waals surface area contributed by atoms with Crippen molar-refractivity contribution in [3.8, 4) is 0 Å². The summed E-state index contributed by atoms with van der Waals surface area (Å²) < 4.78 is 0. The van der Waals surface area contributed by atoms with E-state index in [0.717, 1.165) is 13.1 Å². The summed E-state index contributed by atoms with van der Waals surface area (Å²) in [6.07, 6.45) is 3.25. The second-order valence-corrected chi connectivity index (χ2v) is 4.89. The highest BCUT2D eigenvalue weighted by atomic mass is 16.4. The van der Waals surface area contributed by atoms with Crippen LogP contribution in [0.3, 0.4) is 0 Å². The van der Waals surface area contributed by atoms with Crippen molar-refractivity contribution < 1.29 is 14.7 Å². The molecule has 2 atom stereocenters. The van der Waals surface area contributed by atoms with E-state index in [1.165, 1.54) is 6.33 Å². The number of rotatable bonds is 6. The van der Waals surface area contributed by atoms with Gasteiger partial charge in [0.2, 0.25) is 5.91 Å². The van der Waals surface area contributed by atoms with E-state index < -0.39 is 12.0 Å². The Morgan fingerprint density at radius 3 is 2.79 bits per heavy atom. The van der Waals surface area contributed by atoms with E-state index in [1.807, 2.05) is 6.92 Å². The molecule has 0 spiro atoms. The standard InChI is InChI=1S/C12H18N4O3/c1-7(8-3-13-4-8)11(17)16-10(12(18)19)2-9-5-14-6-15-9/h5-8,10,13H,2-4H2,1H3,(H,14,15)(H,16,17)(H,18,19)/t7?,10-/m1/s1. The highest BCUT2D eigenvalue weighted by molar-refractivity contribution is 5.85. The number of nitrogens with one attached hydrogen (secondary N) is 3. The van der Waals surface area contributed by atoms with Crippen molar-refractivity contribution in [3.05, 3.63) is 18.2 Å². The second-order valence-electron chi connectivity index (χ2n) is 4.89. The van der Waals surface area contributed by atoms with Crippen LogP contribution in [0.25, 0.3) is 0 Å². The van der Waals surface area contributed by atoms with E-state index in [9.17, 15) is 9.59 Å². The maximum Gasteiger partial charge on any atom is 0.326 e. The van der Waals surface area contributed by atoms with Gasteiger partial charge in [0.05, 0.1) is 6.33 Å². The Morgan fingerprint density at radius 2 is 2.32 bits per heavy atom. The van der Waals surface area contributed by atoms with Crippen molar-refractivity contribution in [2.24, 2.45) is 11.8 Å². The lowest BCUT2D eigenvalue weighted by Gasteiger charge is -2.32. The first-order chi connectivity index (χ1) is 9.08. The molecule has 7 heteroatoms. The summed E-state index contributed by atoms with van der Waals surface area (Å²) in [5, 5.41) is 14.8. The lowest BCUT2D eigenvalue weighted by molar-refractivity contribution is -0.142. The number of imidazole rings is 1. The molecule has 0 radical (unpaired) electrons. The molecule has 0 saturated carbocycles. The summed E-state index contributed by atoms with van der Waals surface area (Å²) in [6.45, 7) is 3.45. The first kappa shape index (κ1) is 13.5. The van der Waals surface area contributed by atoms with Crippen LogP contribution in [0.2, 0.25) is 0 Å². The van der Waals surface area contributed by atoms with Gasteiger partial charge in [-0.25, -0.2) is 9.78 Å². The largest absolute Gasteiger partial charge is 0.480 e. The van der Waals surface area contributed by atoms with Gasteiger partial charge in [0.1, 0.15) is 6.04 Å². The van der Waals surface area contributed by atoms with Crippen molar-refractivity contribution in [1.82, 2.24) is 20.6 Å². The maximum absolute atomic E-state index is 12.0. The third-order valence-corrected chi connectivity index (χ3v) is 3.53. The van der Waals surface area contributed by atoms with E-state index in [-0.39, 0.29) is 18.2 Å². The van der Waals surface area contributed by atoms with Gasteiger partial charge in [-0.1, -0.05) is 6.92 Å². The molecule has 2 rings (SSSR count). The monoisotopic (exact) mass is 266 g/mol. The van der Waals surface area contributed by atoms with E-state index in [1.54, 1.807) is 6.20 Å². The Hall–Kier alpha value is -1.89. The van der Waals surface area contributed by atoms with Crippen molar-refractivity contribution in [1.29, 1.82) is 0 Å². The first-order valence-corrected chi connectivity index (χ1v) is 6.29. The predicted molar refractivity (Wildman–Crippen MR) is 67.4 cm³/mol. The quantitative estimate of drug-likeness (QED) is 0.549. The van der Waals surface area contributed by atoms with Crippen LogP contribution in [-0.4, -0.2) is 46.1 Å². The van der Waals surface area contributed by atoms with Crippen LogP contribution in [0.1, 0.15) is 12.6 Å². The summed E-state index contributed by atoms with van der Waals surface area (Å²) in [7, 11) is 0. The number of H-pyrrole nitrogens is 1. The molecule has 1 aromatic heterocycles. The number of hydrogen-bond acceptors (Lipinski definition) is 4. The third kappa shape index (κ3) is 3.31. The molecule has 19 heavy (non-hydrogen) atoms. The minimum absolute atomic E-state index is 0.176. The number of amides is 1. The van der Waals surface area contributed by atoms with Gasteiger partial charge in [-0.3, -0.25) is 4.79 Å². The third-order valence-electron chi connectivity index (χ3n) is 3.53. The molecular weight excluding hydrogens is 248 g/mol. The van der Waals surface area contributed by atoms with Crippen molar-refractivity contribution >= 4 is 11.9 Å². The molecule has 1 aliphatic rings. The van der Waals surface area contributed by atoms with Crippen molar-refractivity contribution in [3.63, 3.8) is 0 Å². The molecule has 1 unspecified atom stereocenters. The van der Waals surface area contributed by atoms with Crippen LogP contribution in [0, 0.1) is 11.8 Å². The number of carboxylic acids is 1. The van der Waals surface area contributed by atoms with Gasteiger partial charge in [-0.05, 0) is 19.0 Å². The SMILES string of the molecule is CC(C(=O)N[C@H](Cc1cnc[nH]1)C(=O)O)C1CNC1. The number of nitrogens with zero attached hydrogens (tertiary/aromatic N) is 1. The molecule has 0 aromatic carbocycles. The summed E-state index contributed by atoms with van der Waals surface area (Å²) in [6, 6.07) is -0.927. The fourth-order valence-electron chi connectivity index (χ4n) is 2.00. The average molecular weight is 266 g/mol. The van der Waals surface area contributed by atoms with E-state index >= 15 is 0 Å². The van der Waals surface area contributed by atoms with Crippen LogP contribution >= 0.6 is 0 Å². The number of carboxylic acid groups (broad SMARTS) is 1. The zero-order valence-corrected chi connectivity index (χ0v) is 10.7. The molecule has 0 aliphatic carbocycles. The molecule has 1 fully saturated rings. The second kappa shape index (κ2) is 5.83. The predicted octanol–water partition coefficient (Wildman–Crippen LogP) is -0.623. The van der Waals surface area contributed by atoms with Crippen molar-refractivity contribution in [2.75, 3.05) is 13.1 Å². The van der Waals surface area contributed by atoms with Crippen LogP contribution in [0.4, 0.5) is 0 Å². The van der Waals surface area contributed by atoms with Gasteiger partial charge in [0, 0.05) is 24.2 Å². The normalized spacial score (nSPS) is 18.4. The summed E-state index contributed by atoms with van der Waals surface area (Å²) in [4.78, 5) is 29.8. The number of aromatic amines is 1. The summed E-state index contributed by atoms with van der Waals surface area (Å²) >= 11 is 0. The molecule has 104 valence electrons. The van der Waals surface area contributed by atoms with Crippen molar-refractivity contribution in [2.45, 2.75) is 19.4 Å². The Morgan fingerprint density at radius 1 is 1.58 bits per heavy atom. The van der Waals surface area contributed by atoms with Gasteiger partial charge in [-0.15, -0.1) is 0 Å². The first-order valence-electron chi connectivity index (χ1n) is 6.29. The van der Waals surface area contributed by atoms with Crippen LogP contribution in [0.15, 0.2) is 12.5 Å². The van der Waals surface area contributed by atoms with Crippen LogP contribution in [-0.2, 0) is 16.0 Å².